The largest absolute Gasteiger partial charge is 0.507 e. The zero-order chi connectivity index (χ0) is 12.8. The lowest BCUT2D eigenvalue weighted by Gasteiger charge is -2.32. The Kier molecular flexibility index (Phi) is 2.30. The van der Waals surface area contributed by atoms with Gasteiger partial charge in [0, 0.05) is 0 Å². The minimum Gasteiger partial charge on any atom is -0.421 e. The van der Waals surface area contributed by atoms with E-state index in [4.69, 9.17) is 0 Å². The van der Waals surface area contributed by atoms with Gasteiger partial charge >= 0.3 is 12.2 Å². The molecule has 0 amide bonds. The first-order valence-electron chi connectivity index (χ1n) is 4.52. The molecule has 0 atom stereocenters. The van der Waals surface area contributed by atoms with Crippen LogP contribution in [0.15, 0.2) is 18.2 Å². The van der Waals surface area contributed by atoms with E-state index in [1.54, 1.807) is 0 Å². The lowest BCUT2D eigenvalue weighted by molar-refractivity contribution is -0.391. The van der Waals surface area contributed by atoms with Crippen molar-refractivity contribution in [2.75, 3.05) is 0 Å². The molecular weight excluding hydrogens is 244 g/mol. The second kappa shape index (κ2) is 3.35. The van der Waals surface area contributed by atoms with E-state index in [0.29, 0.717) is 0 Å². The second-order valence-corrected chi connectivity index (χ2v) is 3.43. The average molecular weight is 250 g/mol. The molecule has 1 heterocycles. The predicted molar refractivity (Wildman–Crippen MR) is 47.6 cm³/mol. The Labute approximate surface area is 92.9 Å². The molecule has 1 aromatic carbocycles. The molecule has 0 unspecified atom stereocenters. The summed E-state index contributed by atoms with van der Waals surface area (Å²) in [6.07, 6.45) is -9.58. The van der Waals surface area contributed by atoms with Gasteiger partial charge in [0.25, 0.3) is 0 Å². The quantitative estimate of drug-likeness (QED) is 0.568. The van der Waals surface area contributed by atoms with E-state index >= 15 is 0 Å². The van der Waals surface area contributed by atoms with Gasteiger partial charge in [-0.1, -0.05) is 6.07 Å². The van der Waals surface area contributed by atoms with E-state index in [1.807, 2.05) is 0 Å². The third-order valence-electron chi connectivity index (χ3n) is 2.17. The third-order valence-corrected chi connectivity index (χ3v) is 2.17. The average Bonchev–Trinajstić information content (AvgIpc) is 2.17. The molecule has 0 bridgehead atoms. The van der Waals surface area contributed by atoms with Crippen LogP contribution in [0.4, 0.5) is 17.6 Å². The van der Waals surface area contributed by atoms with E-state index in [2.05, 4.69) is 9.47 Å². The summed E-state index contributed by atoms with van der Waals surface area (Å²) >= 11 is 0. The summed E-state index contributed by atoms with van der Waals surface area (Å²) in [5.41, 5.74) is -0.238. The molecule has 7 heteroatoms. The van der Waals surface area contributed by atoms with Crippen molar-refractivity contribution >= 4 is 5.78 Å². The normalized spacial score (nSPS) is 19.8. The smallest absolute Gasteiger partial charge is 0.421 e. The van der Waals surface area contributed by atoms with Crippen molar-refractivity contribution in [3.63, 3.8) is 0 Å². The van der Waals surface area contributed by atoms with Gasteiger partial charge in [0.2, 0.25) is 0 Å². The summed E-state index contributed by atoms with van der Waals surface area (Å²) in [4.78, 5) is 11.1. The van der Waals surface area contributed by atoms with Gasteiger partial charge in [0.05, 0.1) is 5.56 Å². The lowest BCUT2D eigenvalue weighted by Crippen LogP contribution is -2.52. The fourth-order valence-corrected chi connectivity index (χ4v) is 1.36. The number of rotatable bonds is 1. The number of hydrogen-bond acceptors (Lipinski definition) is 3. The molecule has 0 saturated heterocycles. The van der Waals surface area contributed by atoms with Crippen molar-refractivity contribution in [3.05, 3.63) is 23.8 Å². The topological polar surface area (TPSA) is 35.5 Å². The number of benzene rings is 1. The van der Waals surface area contributed by atoms with E-state index in [1.165, 1.54) is 12.1 Å². The van der Waals surface area contributed by atoms with Gasteiger partial charge in [-0.05, 0) is 19.1 Å². The van der Waals surface area contributed by atoms with Crippen molar-refractivity contribution < 1.29 is 31.8 Å². The lowest BCUT2D eigenvalue weighted by atomic mass is 10.1. The molecule has 0 saturated carbocycles. The van der Waals surface area contributed by atoms with Crippen LogP contribution in [0.1, 0.15) is 17.3 Å². The highest BCUT2D eigenvalue weighted by atomic mass is 19.3. The standard InChI is InChI=1S/C10H6F4O3/c1-5(15)6-3-2-4-7-8(6)17-10(13,14)9(11,12)16-7/h2-4H,1H3. The van der Waals surface area contributed by atoms with Gasteiger partial charge in [0.15, 0.2) is 17.3 Å². The monoisotopic (exact) mass is 250 g/mol. The van der Waals surface area contributed by atoms with E-state index in [0.717, 1.165) is 13.0 Å². The first-order valence-corrected chi connectivity index (χ1v) is 4.52. The number of fused-ring (bicyclic) bond motifs is 1. The van der Waals surface area contributed by atoms with Gasteiger partial charge in [-0.3, -0.25) is 4.79 Å². The zero-order valence-electron chi connectivity index (χ0n) is 8.47. The molecule has 0 aromatic heterocycles. The van der Waals surface area contributed by atoms with Crippen LogP contribution < -0.4 is 9.47 Å². The fourth-order valence-electron chi connectivity index (χ4n) is 1.36. The van der Waals surface area contributed by atoms with Crippen LogP contribution >= 0.6 is 0 Å². The Hall–Kier alpha value is -1.79. The van der Waals surface area contributed by atoms with Crippen LogP contribution in [-0.2, 0) is 0 Å². The molecule has 1 aliphatic rings. The molecule has 17 heavy (non-hydrogen) atoms. The third kappa shape index (κ3) is 1.71. The van der Waals surface area contributed by atoms with Gasteiger partial charge in [-0.25, -0.2) is 0 Å². The molecule has 0 spiro atoms. The minimum absolute atomic E-state index is 0.238. The van der Waals surface area contributed by atoms with Crippen LogP contribution in [-0.4, -0.2) is 18.0 Å². The van der Waals surface area contributed by atoms with Crippen molar-refractivity contribution in [2.24, 2.45) is 0 Å². The van der Waals surface area contributed by atoms with E-state index in [9.17, 15) is 22.4 Å². The highest BCUT2D eigenvalue weighted by Crippen LogP contribution is 2.48. The Morgan fingerprint density at radius 3 is 2.29 bits per heavy atom. The number of para-hydroxylation sites is 1. The van der Waals surface area contributed by atoms with E-state index in [-0.39, 0.29) is 5.56 Å². The highest BCUT2D eigenvalue weighted by Gasteiger charge is 2.66. The van der Waals surface area contributed by atoms with Crippen molar-refractivity contribution in [3.8, 4) is 11.5 Å². The van der Waals surface area contributed by atoms with Crippen molar-refractivity contribution in [1.82, 2.24) is 0 Å². The summed E-state index contributed by atoms with van der Waals surface area (Å²) in [6, 6.07) is 3.44. The molecule has 3 nitrogen and oxygen atoms in total. The molecule has 1 aliphatic heterocycles. The van der Waals surface area contributed by atoms with Crippen molar-refractivity contribution in [2.45, 2.75) is 19.1 Å². The van der Waals surface area contributed by atoms with Crippen molar-refractivity contribution in [1.29, 1.82) is 0 Å². The highest BCUT2D eigenvalue weighted by molar-refractivity contribution is 5.97. The summed E-state index contributed by atoms with van der Waals surface area (Å²) in [7, 11) is 0. The van der Waals surface area contributed by atoms with Gasteiger partial charge < -0.3 is 9.47 Å². The first kappa shape index (κ1) is 11.7. The second-order valence-electron chi connectivity index (χ2n) is 3.43. The first-order chi connectivity index (χ1) is 7.74. The summed E-state index contributed by atoms with van der Waals surface area (Å²) < 4.78 is 59.2. The SMILES string of the molecule is CC(=O)c1cccc2c1OC(F)(F)C(F)(F)O2. The number of carbonyl (C=O) groups is 1. The Morgan fingerprint density at radius 2 is 1.71 bits per heavy atom. The summed E-state index contributed by atoms with van der Waals surface area (Å²) in [5, 5.41) is 0. The molecule has 1 aromatic rings. The molecule has 0 radical (unpaired) electrons. The summed E-state index contributed by atoms with van der Waals surface area (Å²) in [5.74, 6) is -1.85. The molecule has 0 aliphatic carbocycles. The maximum atomic E-state index is 12.9. The molecular formula is C10H6F4O3. The molecule has 0 fully saturated rings. The molecule has 92 valence electrons. The number of hydrogen-bond donors (Lipinski definition) is 0. The Bertz CT molecular complexity index is 484. The van der Waals surface area contributed by atoms with Crippen LogP contribution in [0.25, 0.3) is 0 Å². The molecule has 2 rings (SSSR count). The van der Waals surface area contributed by atoms with Crippen LogP contribution in [0.2, 0.25) is 0 Å². The fraction of sp³-hybridized carbons (Fsp3) is 0.300. The molecule has 0 N–H and O–H groups in total. The predicted octanol–water partition coefficient (Wildman–Crippen LogP) is 2.85. The van der Waals surface area contributed by atoms with Crippen LogP contribution in [0.5, 0.6) is 11.5 Å². The van der Waals surface area contributed by atoms with Crippen LogP contribution in [0, 0.1) is 0 Å². The minimum atomic E-state index is -4.81. The van der Waals surface area contributed by atoms with Gasteiger partial charge in [0.1, 0.15) is 0 Å². The van der Waals surface area contributed by atoms with E-state index < -0.39 is 29.5 Å². The maximum absolute atomic E-state index is 12.9. The van der Waals surface area contributed by atoms with Gasteiger partial charge in [-0.2, -0.15) is 17.6 Å². The number of carbonyl (C=O) groups excluding carboxylic acids is 1. The number of ketones is 1. The maximum Gasteiger partial charge on any atom is 0.507 e. The number of halogens is 4. The zero-order valence-corrected chi connectivity index (χ0v) is 8.47. The Balaban J connectivity index is 2.57. The summed E-state index contributed by atoms with van der Waals surface area (Å²) in [6.45, 7) is 1.10. The van der Waals surface area contributed by atoms with Crippen LogP contribution in [0.3, 0.4) is 0 Å². The Morgan fingerprint density at radius 1 is 1.12 bits per heavy atom. The van der Waals surface area contributed by atoms with Gasteiger partial charge in [-0.15, -0.1) is 0 Å². The number of ether oxygens (including phenoxy) is 2. The number of Topliss-reactive ketones (excluding diaryl/α,β-unsaturated/α-hetero) is 1. The number of alkyl halides is 4.